The van der Waals surface area contributed by atoms with Crippen molar-refractivity contribution in [3.63, 3.8) is 0 Å². The SMILES string of the molecule is CCCCC(CC(C)C)C1(CC(C)C)OC(=O)CC(=O)O1. The van der Waals surface area contributed by atoms with Crippen molar-refractivity contribution in [2.45, 2.75) is 78.9 Å². The van der Waals surface area contributed by atoms with Gasteiger partial charge in [0.15, 0.2) is 0 Å². The van der Waals surface area contributed by atoms with Crippen molar-refractivity contribution in [2.75, 3.05) is 0 Å². The van der Waals surface area contributed by atoms with E-state index in [-0.39, 0.29) is 12.3 Å². The zero-order valence-electron chi connectivity index (χ0n) is 14.1. The topological polar surface area (TPSA) is 52.6 Å². The highest BCUT2D eigenvalue weighted by Crippen LogP contribution is 2.40. The Morgan fingerprint density at radius 1 is 1.05 bits per heavy atom. The summed E-state index contributed by atoms with van der Waals surface area (Å²) in [5.74, 6) is -1.11. The highest BCUT2D eigenvalue weighted by Gasteiger charge is 2.49. The van der Waals surface area contributed by atoms with Crippen LogP contribution in [0.3, 0.4) is 0 Å². The Kier molecular flexibility index (Phi) is 6.69. The lowest BCUT2D eigenvalue weighted by Crippen LogP contribution is -2.51. The van der Waals surface area contributed by atoms with E-state index in [1.165, 1.54) is 0 Å². The molecule has 1 rings (SSSR count). The summed E-state index contributed by atoms with van der Waals surface area (Å²) in [7, 11) is 0. The Hall–Kier alpha value is -1.06. The molecule has 0 aliphatic carbocycles. The van der Waals surface area contributed by atoms with E-state index < -0.39 is 17.7 Å². The van der Waals surface area contributed by atoms with Crippen LogP contribution < -0.4 is 0 Å². The summed E-state index contributed by atoms with van der Waals surface area (Å²) >= 11 is 0. The number of carbonyl (C=O) groups is 2. The summed E-state index contributed by atoms with van der Waals surface area (Å²) < 4.78 is 11.3. The first-order valence-corrected chi connectivity index (χ1v) is 8.22. The maximum Gasteiger partial charge on any atom is 0.320 e. The number of ether oxygens (including phenoxy) is 2. The molecule has 0 spiro atoms. The van der Waals surface area contributed by atoms with Gasteiger partial charge in [-0.05, 0) is 24.7 Å². The summed E-state index contributed by atoms with van der Waals surface area (Å²) in [5, 5.41) is 0. The van der Waals surface area contributed by atoms with Gasteiger partial charge in [0.1, 0.15) is 6.42 Å². The molecule has 0 radical (unpaired) electrons. The number of rotatable bonds is 8. The van der Waals surface area contributed by atoms with Gasteiger partial charge in [-0.1, -0.05) is 47.5 Å². The van der Waals surface area contributed by atoms with Gasteiger partial charge in [0, 0.05) is 12.3 Å². The molecule has 1 aliphatic rings. The number of hydrogen-bond acceptors (Lipinski definition) is 4. The van der Waals surface area contributed by atoms with Crippen molar-refractivity contribution in [2.24, 2.45) is 17.8 Å². The predicted octanol–water partition coefficient (Wildman–Crippen LogP) is 4.07. The molecule has 0 saturated carbocycles. The van der Waals surface area contributed by atoms with Crippen LogP contribution in [0, 0.1) is 17.8 Å². The van der Waals surface area contributed by atoms with E-state index in [9.17, 15) is 9.59 Å². The van der Waals surface area contributed by atoms with E-state index in [0.717, 1.165) is 25.7 Å². The third-order valence-corrected chi connectivity index (χ3v) is 3.84. The molecule has 4 heteroatoms. The van der Waals surface area contributed by atoms with Crippen LogP contribution in [0.2, 0.25) is 0 Å². The van der Waals surface area contributed by atoms with Crippen LogP contribution in [0.4, 0.5) is 0 Å². The Morgan fingerprint density at radius 2 is 1.62 bits per heavy atom. The molecule has 4 nitrogen and oxygen atoms in total. The van der Waals surface area contributed by atoms with E-state index in [1.54, 1.807) is 0 Å². The zero-order chi connectivity index (χ0) is 16.0. The first-order chi connectivity index (χ1) is 9.79. The Morgan fingerprint density at radius 3 is 2.05 bits per heavy atom. The van der Waals surface area contributed by atoms with Crippen LogP contribution in [0.1, 0.15) is 73.1 Å². The molecule has 1 unspecified atom stereocenters. The third kappa shape index (κ3) is 5.33. The molecule has 1 heterocycles. The van der Waals surface area contributed by atoms with Crippen LogP contribution in [-0.2, 0) is 19.1 Å². The molecule has 0 aromatic carbocycles. The second kappa shape index (κ2) is 7.81. The molecule has 0 bridgehead atoms. The molecule has 0 amide bonds. The van der Waals surface area contributed by atoms with Gasteiger partial charge in [0.2, 0.25) is 0 Å². The van der Waals surface area contributed by atoms with Gasteiger partial charge in [-0.15, -0.1) is 0 Å². The maximum atomic E-state index is 11.8. The number of unbranched alkanes of at least 4 members (excludes halogenated alkanes) is 1. The third-order valence-electron chi connectivity index (χ3n) is 3.84. The quantitative estimate of drug-likeness (QED) is 0.500. The number of hydrogen-bond donors (Lipinski definition) is 0. The van der Waals surface area contributed by atoms with Crippen molar-refractivity contribution in [3.05, 3.63) is 0 Å². The highest BCUT2D eigenvalue weighted by atomic mass is 16.7. The van der Waals surface area contributed by atoms with Gasteiger partial charge in [-0.3, -0.25) is 9.59 Å². The van der Waals surface area contributed by atoms with Gasteiger partial charge in [-0.25, -0.2) is 0 Å². The normalized spacial score (nSPS) is 19.6. The number of cyclic esters (lactones) is 2. The summed E-state index contributed by atoms with van der Waals surface area (Å²) in [4.78, 5) is 23.6. The lowest BCUT2D eigenvalue weighted by atomic mass is 9.81. The molecule has 1 saturated heterocycles. The van der Waals surface area contributed by atoms with Crippen LogP contribution in [-0.4, -0.2) is 17.7 Å². The Balaban J connectivity index is 3.04. The van der Waals surface area contributed by atoms with Crippen molar-refractivity contribution < 1.29 is 19.1 Å². The lowest BCUT2D eigenvalue weighted by Gasteiger charge is -2.43. The predicted molar refractivity (Wildman–Crippen MR) is 81.5 cm³/mol. The monoisotopic (exact) mass is 298 g/mol. The van der Waals surface area contributed by atoms with E-state index in [4.69, 9.17) is 9.47 Å². The molecule has 1 fully saturated rings. The molecular formula is C17H30O4. The van der Waals surface area contributed by atoms with E-state index in [1.807, 2.05) is 0 Å². The standard InChI is InChI=1S/C17H30O4/c1-6-7-8-14(9-12(2)3)17(11-13(4)5)20-15(18)10-16(19)21-17/h12-14H,6-11H2,1-5H3. The fourth-order valence-corrected chi connectivity index (χ4v) is 3.12. The summed E-state index contributed by atoms with van der Waals surface area (Å²) in [6, 6.07) is 0. The maximum absolute atomic E-state index is 11.8. The van der Waals surface area contributed by atoms with Crippen molar-refractivity contribution >= 4 is 11.9 Å². The first kappa shape index (κ1) is 18.0. The average molecular weight is 298 g/mol. The minimum atomic E-state index is -1.06. The van der Waals surface area contributed by atoms with Gasteiger partial charge in [-0.2, -0.15) is 0 Å². The lowest BCUT2D eigenvalue weighted by molar-refractivity contribution is -0.270. The molecule has 0 aromatic heterocycles. The van der Waals surface area contributed by atoms with Crippen molar-refractivity contribution in [1.29, 1.82) is 0 Å². The molecule has 21 heavy (non-hydrogen) atoms. The minimum absolute atomic E-state index is 0.0769. The molecule has 1 atom stereocenters. The van der Waals surface area contributed by atoms with Crippen LogP contribution in [0.15, 0.2) is 0 Å². The largest absolute Gasteiger partial charge is 0.422 e. The van der Waals surface area contributed by atoms with Crippen molar-refractivity contribution in [1.82, 2.24) is 0 Å². The zero-order valence-corrected chi connectivity index (χ0v) is 14.1. The second-order valence-corrected chi connectivity index (χ2v) is 7.00. The van der Waals surface area contributed by atoms with Gasteiger partial charge >= 0.3 is 11.9 Å². The Bertz CT molecular complexity index is 344. The van der Waals surface area contributed by atoms with Gasteiger partial charge in [0.25, 0.3) is 5.79 Å². The fraction of sp³-hybridized carbons (Fsp3) is 0.882. The Labute approximate surface area is 128 Å². The number of esters is 2. The fourth-order valence-electron chi connectivity index (χ4n) is 3.12. The van der Waals surface area contributed by atoms with E-state index in [0.29, 0.717) is 18.3 Å². The summed E-state index contributed by atoms with van der Waals surface area (Å²) in [5.41, 5.74) is 0. The van der Waals surface area contributed by atoms with Gasteiger partial charge in [0.05, 0.1) is 0 Å². The average Bonchev–Trinajstić information content (AvgIpc) is 2.31. The van der Waals surface area contributed by atoms with Crippen LogP contribution >= 0.6 is 0 Å². The molecule has 0 N–H and O–H groups in total. The molecule has 122 valence electrons. The first-order valence-electron chi connectivity index (χ1n) is 8.22. The summed E-state index contributed by atoms with van der Waals surface area (Å²) in [6.07, 6.45) is 4.25. The summed E-state index contributed by atoms with van der Waals surface area (Å²) in [6.45, 7) is 10.6. The number of carbonyl (C=O) groups excluding carboxylic acids is 2. The smallest absolute Gasteiger partial charge is 0.320 e. The van der Waals surface area contributed by atoms with E-state index in [2.05, 4.69) is 34.6 Å². The molecule has 1 aliphatic heterocycles. The minimum Gasteiger partial charge on any atom is -0.422 e. The van der Waals surface area contributed by atoms with Crippen molar-refractivity contribution in [3.8, 4) is 0 Å². The second-order valence-electron chi connectivity index (χ2n) is 7.00. The van der Waals surface area contributed by atoms with Gasteiger partial charge < -0.3 is 9.47 Å². The molecular weight excluding hydrogens is 268 g/mol. The highest BCUT2D eigenvalue weighted by molar-refractivity contribution is 5.93. The van der Waals surface area contributed by atoms with E-state index >= 15 is 0 Å². The molecule has 0 aromatic rings. The van der Waals surface area contributed by atoms with Crippen LogP contribution in [0.25, 0.3) is 0 Å². The van der Waals surface area contributed by atoms with Crippen LogP contribution in [0.5, 0.6) is 0 Å².